The van der Waals surface area contributed by atoms with Crippen molar-refractivity contribution in [1.82, 2.24) is 19.7 Å². The molecule has 0 saturated carbocycles. The first-order valence-electron chi connectivity index (χ1n) is 13.4. The molecule has 0 aliphatic heterocycles. The van der Waals surface area contributed by atoms with E-state index in [1.165, 1.54) is 22.9 Å². The molecule has 1 aromatic carbocycles. The van der Waals surface area contributed by atoms with Gasteiger partial charge in [-0.15, -0.1) is 0 Å². The van der Waals surface area contributed by atoms with Crippen LogP contribution in [0.5, 0.6) is 0 Å². The van der Waals surface area contributed by atoms with Gasteiger partial charge in [-0.05, 0) is 48.6 Å². The number of nitrogens with zero attached hydrogens (tertiary/aromatic N) is 3. The summed E-state index contributed by atoms with van der Waals surface area (Å²) in [5.74, 6) is -0.905. The maximum absolute atomic E-state index is 15.0. The lowest BCUT2D eigenvalue weighted by molar-refractivity contribution is -0.138. The number of aromatic nitrogens is 4. The average molecular weight is 588 g/mol. The van der Waals surface area contributed by atoms with Crippen molar-refractivity contribution in [2.75, 3.05) is 19.0 Å². The summed E-state index contributed by atoms with van der Waals surface area (Å²) in [6.45, 7) is -0.608. The minimum atomic E-state index is -5.05. The fraction of sp³-hybridized carbons (Fsp3) is 0.308. The van der Waals surface area contributed by atoms with Gasteiger partial charge < -0.3 is 14.6 Å². The molecule has 0 unspecified atom stereocenters. The molecular weight excluding hydrogens is 563 g/mol. The Bertz CT molecular complexity index is 1750. The standard InChI is InChI=1S/C26H22F7N5O3/c1-41-13-16(36-21-12-35-37-23(39)22(21)26(31,32)33)3-2-7-38-8-6-14-9-18(19(27)10-17(14)24(38)40)20-5-4-15(11-34-20)25(28,29)30/h4-6,8-12,16H,2-3,7,13H2,1H3,(H2,36,37,39)/t16-/m1/s1/i1D3. The summed E-state index contributed by atoms with van der Waals surface area (Å²) >= 11 is 0. The van der Waals surface area contributed by atoms with Gasteiger partial charge in [-0.3, -0.25) is 14.6 Å². The predicted octanol–water partition coefficient (Wildman–Crippen LogP) is 5.23. The molecule has 15 heteroatoms. The van der Waals surface area contributed by atoms with Crippen molar-refractivity contribution >= 4 is 16.5 Å². The van der Waals surface area contributed by atoms with Gasteiger partial charge in [-0.2, -0.15) is 31.4 Å². The summed E-state index contributed by atoms with van der Waals surface area (Å²) in [6.07, 6.45) is -6.94. The van der Waals surface area contributed by atoms with Crippen molar-refractivity contribution in [1.29, 1.82) is 0 Å². The Kier molecular flexibility index (Phi) is 7.32. The highest BCUT2D eigenvalue weighted by atomic mass is 19.4. The zero-order valence-corrected chi connectivity index (χ0v) is 20.7. The van der Waals surface area contributed by atoms with Gasteiger partial charge in [0, 0.05) is 37.6 Å². The van der Waals surface area contributed by atoms with Gasteiger partial charge in [-0.1, -0.05) is 0 Å². The van der Waals surface area contributed by atoms with Crippen LogP contribution in [0.25, 0.3) is 22.0 Å². The highest BCUT2D eigenvalue weighted by Gasteiger charge is 2.37. The second kappa shape index (κ2) is 11.7. The first kappa shape index (κ1) is 25.7. The number of halogens is 7. The van der Waals surface area contributed by atoms with Crippen LogP contribution in [0.1, 0.15) is 28.1 Å². The lowest BCUT2D eigenvalue weighted by Gasteiger charge is -2.21. The number of fused-ring (bicyclic) bond motifs is 1. The maximum Gasteiger partial charge on any atom is 0.423 e. The van der Waals surface area contributed by atoms with Crippen LogP contribution in [0.2, 0.25) is 0 Å². The largest absolute Gasteiger partial charge is 0.423 e. The minimum Gasteiger partial charge on any atom is -0.383 e. The number of pyridine rings is 2. The number of alkyl halides is 6. The normalized spacial score (nSPS) is 14.4. The van der Waals surface area contributed by atoms with Gasteiger partial charge >= 0.3 is 12.4 Å². The molecule has 0 fully saturated rings. The molecular formula is C26H22F7N5O3. The Hall–Kier alpha value is -4.27. The lowest BCUT2D eigenvalue weighted by Crippen LogP contribution is -2.31. The Labute approximate surface area is 231 Å². The third-order valence-electron chi connectivity index (χ3n) is 6.17. The first-order valence-corrected chi connectivity index (χ1v) is 11.9. The van der Waals surface area contributed by atoms with Crippen molar-refractivity contribution in [3.8, 4) is 11.3 Å². The molecule has 4 rings (SSSR count). The van der Waals surface area contributed by atoms with Crippen LogP contribution < -0.4 is 16.4 Å². The van der Waals surface area contributed by atoms with Crippen molar-refractivity contribution < 1.29 is 39.6 Å². The van der Waals surface area contributed by atoms with Crippen LogP contribution in [0.4, 0.5) is 36.4 Å². The molecule has 2 N–H and O–H groups in total. The third-order valence-corrected chi connectivity index (χ3v) is 6.17. The van der Waals surface area contributed by atoms with Crippen LogP contribution in [0.15, 0.2) is 58.5 Å². The Morgan fingerprint density at radius 3 is 2.54 bits per heavy atom. The number of benzene rings is 1. The van der Waals surface area contributed by atoms with Gasteiger partial charge in [-0.25, -0.2) is 9.49 Å². The summed E-state index contributed by atoms with van der Waals surface area (Å²) in [4.78, 5) is 28.5. The van der Waals surface area contributed by atoms with Crippen LogP contribution in [-0.4, -0.2) is 39.4 Å². The number of aryl methyl sites for hydroxylation is 1. The first-order chi connectivity index (χ1) is 20.4. The number of H-pyrrole nitrogens is 1. The molecule has 41 heavy (non-hydrogen) atoms. The van der Waals surface area contributed by atoms with Crippen molar-refractivity contribution in [3.63, 3.8) is 0 Å². The fourth-order valence-electron chi connectivity index (χ4n) is 4.21. The minimum absolute atomic E-state index is 0.0235. The SMILES string of the molecule is [2H]C([2H])([2H])OC[C@@H](CCCn1ccc2cc(-c3ccc(C(F)(F)F)cn3)c(F)cc2c1=O)Nc1cn[nH]c(=O)c1C(F)(F)F. The van der Waals surface area contributed by atoms with Gasteiger partial charge in [0.1, 0.15) is 11.4 Å². The van der Waals surface area contributed by atoms with E-state index in [-0.39, 0.29) is 41.4 Å². The van der Waals surface area contributed by atoms with Crippen LogP contribution in [0, 0.1) is 5.82 Å². The van der Waals surface area contributed by atoms with Gasteiger partial charge in [0.05, 0.1) is 39.2 Å². The number of hydrogen-bond acceptors (Lipinski definition) is 6. The molecule has 0 aliphatic rings. The van der Waals surface area contributed by atoms with E-state index in [1.807, 2.05) is 0 Å². The van der Waals surface area contributed by atoms with E-state index in [2.05, 4.69) is 15.4 Å². The molecule has 4 aromatic rings. The summed E-state index contributed by atoms with van der Waals surface area (Å²) in [5.41, 5.74) is -5.62. The highest BCUT2D eigenvalue weighted by molar-refractivity contribution is 5.86. The molecule has 218 valence electrons. The monoisotopic (exact) mass is 588 g/mol. The summed E-state index contributed by atoms with van der Waals surface area (Å²) in [7, 11) is -2.87. The summed E-state index contributed by atoms with van der Waals surface area (Å²) < 4.78 is 122. The molecule has 3 heterocycles. The van der Waals surface area contributed by atoms with E-state index in [0.29, 0.717) is 6.20 Å². The zero-order valence-electron chi connectivity index (χ0n) is 23.7. The van der Waals surface area contributed by atoms with Crippen LogP contribution in [-0.2, 0) is 23.6 Å². The van der Waals surface area contributed by atoms with Gasteiger partial charge in [0.2, 0.25) is 0 Å². The zero-order chi connectivity index (χ0) is 32.4. The van der Waals surface area contributed by atoms with E-state index < -0.39 is 65.8 Å². The number of rotatable bonds is 9. The quantitative estimate of drug-likeness (QED) is 0.260. The number of ether oxygens (including phenoxy) is 1. The van der Waals surface area contributed by atoms with Crippen molar-refractivity contribution in [2.45, 2.75) is 37.8 Å². The molecule has 3 aromatic heterocycles. The van der Waals surface area contributed by atoms with Crippen LogP contribution in [0.3, 0.4) is 0 Å². The molecule has 0 spiro atoms. The molecule has 1 atom stereocenters. The number of aromatic amines is 1. The summed E-state index contributed by atoms with van der Waals surface area (Å²) in [6, 6.07) is 4.36. The topological polar surface area (TPSA) is 102 Å². The van der Waals surface area contributed by atoms with E-state index in [9.17, 15) is 40.3 Å². The second-order valence-corrected chi connectivity index (χ2v) is 8.94. The number of methoxy groups -OCH3 is 1. The number of hydrogen-bond donors (Lipinski definition) is 2. The maximum atomic E-state index is 15.0. The molecule has 0 aliphatic carbocycles. The number of anilines is 1. The van der Waals surface area contributed by atoms with Crippen molar-refractivity contribution in [3.05, 3.63) is 86.6 Å². The lowest BCUT2D eigenvalue weighted by atomic mass is 10.0. The van der Waals surface area contributed by atoms with Crippen molar-refractivity contribution in [2.24, 2.45) is 0 Å². The Morgan fingerprint density at radius 2 is 1.88 bits per heavy atom. The van der Waals surface area contributed by atoms with E-state index in [4.69, 9.17) is 8.85 Å². The highest BCUT2D eigenvalue weighted by Crippen LogP contribution is 2.33. The van der Waals surface area contributed by atoms with Gasteiger partial charge in [0.15, 0.2) is 0 Å². The molecule has 8 nitrogen and oxygen atoms in total. The third kappa shape index (κ3) is 6.73. The Balaban J connectivity index is 1.53. The molecule has 0 bridgehead atoms. The molecule has 0 radical (unpaired) electrons. The predicted molar refractivity (Wildman–Crippen MR) is 135 cm³/mol. The van der Waals surface area contributed by atoms with Gasteiger partial charge in [0.25, 0.3) is 11.1 Å². The fourth-order valence-corrected chi connectivity index (χ4v) is 4.21. The number of nitrogens with one attached hydrogen (secondary N) is 2. The second-order valence-electron chi connectivity index (χ2n) is 8.94. The summed E-state index contributed by atoms with van der Waals surface area (Å²) in [5, 5.41) is 7.73. The Morgan fingerprint density at radius 1 is 1.10 bits per heavy atom. The van der Waals surface area contributed by atoms with E-state index in [0.717, 1.165) is 24.4 Å². The van der Waals surface area contributed by atoms with Crippen LogP contribution >= 0.6 is 0 Å². The average Bonchev–Trinajstić information content (AvgIpc) is 2.91. The smallest absolute Gasteiger partial charge is 0.383 e. The molecule has 0 amide bonds. The van der Waals surface area contributed by atoms with E-state index >= 15 is 0 Å². The van der Waals surface area contributed by atoms with E-state index in [1.54, 1.807) is 5.10 Å². The molecule has 0 saturated heterocycles.